The molecule has 1 heterocycles. The number of likely N-dealkylation sites (tertiary alicyclic amines) is 1. The van der Waals surface area contributed by atoms with Gasteiger partial charge in [-0.1, -0.05) is 0 Å². The second-order valence-electron chi connectivity index (χ2n) is 5.04. The van der Waals surface area contributed by atoms with Crippen molar-refractivity contribution in [1.29, 1.82) is 0 Å². The minimum absolute atomic E-state index is 0.126. The van der Waals surface area contributed by atoms with Crippen molar-refractivity contribution in [2.75, 3.05) is 20.2 Å². The van der Waals surface area contributed by atoms with Gasteiger partial charge in [-0.2, -0.15) is 0 Å². The minimum atomic E-state index is -0.126. The zero-order chi connectivity index (χ0) is 9.71. The van der Waals surface area contributed by atoms with Crippen LogP contribution < -0.4 is 0 Å². The molecule has 0 aromatic rings. The number of amides is 1. The van der Waals surface area contributed by atoms with Crippen LogP contribution in [0, 0.1) is 23.7 Å². The number of nitrogens with zero attached hydrogens (tertiary/aromatic N) is 1. The Morgan fingerprint density at radius 1 is 1.21 bits per heavy atom. The Bertz CT molecular complexity index is 248. The molecule has 2 aliphatic carbocycles. The predicted octanol–water partition coefficient (Wildman–Crippen LogP) is 1.73. The normalized spacial score (nSPS) is 44.2. The number of methoxy groups -OCH3 is 1. The zero-order valence-electron chi connectivity index (χ0n) is 8.61. The molecule has 0 N–H and O–H groups in total. The maximum absolute atomic E-state index is 11.4. The number of hydrogen-bond donors (Lipinski definition) is 0. The summed E-state index contributed by atoms with van der Waals surface area (Å²) in [7, 11) is 1.48. The molecule has 1 aliphatic heterocycles. The van der Waals surface area contributed by atoms with Gasteiger partial charge in [-0.15, -0.1) is 0 Å². The molecular formula is C11H17NO2. The number of ether oxygens (including phenoxy) is 1. The molecule has 3 heteroatoms. The lowest BCUT2D eigenvalue weighted by atomic mass is 9.82. The van der Waals surface area contributed by atoms with E-state index in [0.29, 0.717) is 0 Å². The Morgan fingerprint density at radius 3 is 2.29 bits per heavy atom. The summed E-state index contributed by atoms with van der Waals surface area (Å²) in [6.45, 7) is 1.91. The van der Waals surface area contributed by atoms with Gasteiger partial charge in [0.25, 0.3) is 0 Å². The van der Waals surface area contributed by atoms with E-state index in [0.717, 1.165) is 36.8 Å². The van der Waals surface area contributed by atoms with E-state index >= 15 is 0 Å². The molecule has 0 aromatic carbocycles. The van der Waals surface area contributed by atoms with Gasteiger partial charge in [-0.3, -0.25) is 0 Å². The van der Waals surface area contributed by atoms with E-state index in [4.69, 9.17) is 4.74 Å². The lowest BCUT2D eigenvalue weighted by Gasteiger charge is -2.22. The first kappa shape index (κ1) is 8.57. The topological polar surface area (TPSA) is 29.5 Å². The van der Waals surface area contributed by atoms with E-state index in [1.807, 2.05) is 4.90 Å². The van der Waals surface area contributed by atoms with Crippen LogP contribution in [-0.2, 0) is 4.74 Å². The average molecular weight is 195 g/mol. The standard InChI is InChI=1S/C11H17NO2/c1-14-11(13)12-5-9-7-2-3-8(4-7)10(9)6-12/h7-10H,2-6H2,1H3/t7?,8?,9-,10+. The Balaban J connectivity index is 1.73. The smallest absolute Gasteiger partial charge is 0.409 e. The van der Waals surface area contributed by atoms with Gasteiger partial charge in [0.15, 0.2) is 0 Å². The Kier molecular flexibility index (Phi) is 1.76. The van der Waals surface area contributed by atoms with Gasteiger partial charge in [0.2, 0.25) is 0 Å². The first-order valence-electron chi connectivity index (χ1n) is 5.62. The highest BCUT2D eigenvalue weighted by atomic mass is 16.5. The van der Waals surface area contributed by atoms with Crippen LogP contribution in [-0.4, -0.2) is 31.2 Å². The molecule has 14 heavy (non-hydrogen) atoms. The van der Waals surface area contributed by atoms with Crippen molar-refractivity contribution in [2.45, 2.75) is 19.3 Å². The molecule has 0 aromatic heterocycles. The van der Waals surface area contributed by atoms with E-state index in [9.17, 15) is 4.79 Å². The van der Waals surface area contributed by atoms with Crippen LogP contribution in [0.4, 0.5) is 4.79 Å². The summed E-state index contributed by atoms with van der Waals surface area (Å²) in [6.07, 6.45) is 4.12. The molecule has 3 nitrogen and oxygen atoms in total. The monoisotopic (exact) mass is 195 g/mol. The quantitative estimate of drug-likeness (QED) is 0.589. The molecule has 78 valence electrons. The van der Waals surface area contributed by atoms with Crippen LogP contribution in [0.5, 0.6) is 0 Å². The maximum Gasteiger partial charge on any atom is 0.409 e. The lowest BCUT2D eigenvalue weighted by molar-refractivity contribution is 0.128. The van der Waals surface area contributed by atoms with E-state index in [-0.39, 0.29) is 6.09 Å². The lowest BCUT2D eigenvalue weighted by Crippen LogP contribution is -2.29. The fourth-order valence-corrected chi connectivity index (χ4v) is 3.96. The second kappa shape index (κ2) is 2.88. The third-order valence-electron chi connectivity index (χ3n) is 4.57. The number of fused-ring (bicyclic) bond motifs is 5. The van der Waals surface area contributed by atoms with Gasteiger partial charge in [0, 0.05) is 13.1 Å². The summed E-state index contributed by atoms with van der Waals surface area (Å²) in [5.74, 6) is 3.43. The molecule has 1 saturated heterocycles. The Labute approximate surface area is 84.4 Å². The summed E-state index contributed by atoms with van der Waals surface area (Å²) in [4.78, 5) is 13.3. The van der Waals surface area contributed by atoms with Crippen LogP contribution in [0.2, 0.25) is 0 Å². The molecule has 2 bridgehead atoms. The van der Waals surface area contributed by atoms with E-state index in [1.165, 1.54) is 26.4 Å². The summed E-state index contributed by atoms with van der Waals surface area (Å²) >= 11 is 0. The third kappa shape index (κ3) is 1.01. The van der Waals surface area contributed by atoms with Crippen molar-refractivity contribution in [1.82, 2.24) is 4.90 Å². The highest BCUT2D eigenvalue weighted by Gasteiger charge is 2.52. The molecule has 3 rings (SSSR count). The van der Waals surface area contributed by atoms with Gasteiger partial charge < -0.3 is 9.64 Å². The van der Waals surface area contributed by atoms with E-state index in [2.05, 4.69) is 0 Å². The van der Waals surface area contributed by atoms with E-state index in [1.54, 1.807) is 0 Å². The minimum Gasteiger partial charge on any atom is -0.453 e. The molecule has 3 aliphatic rings. The molecule has 0 spiro atoms. The molecule has 2 unspecified atom stereocenters. The number of carbonyl (C=O) groups is 1. The predicted molar refractivity (Wildman–Crippen MR) is 51.8 cm³/mol. The summed E-state index contributed by atoms with van der Waals surface area (Å²) in [6, 6.07) is 0. The third-order valence-corrected chi connectivity index (χ3v) is 4.57. The molecule has 3 fully saturated rings. The average Bonchev–Trinajstić information content (AvgIpc) is 2.87. The Morgan fingerprint density at radius 2 is 1.79 bits per heavy atom. The van der Waals surface area contributed by atoms with Crippen molar-refractivity contribution in [2.24, 2.45) is 23.7 Å². The van der Waals surface area contributed by atoms with Crippen LogP contribution >= 0.6 is 0 Å². The zero-order valence-corrected chi connectivity index (χ0v) is 8.61. The molecular weight excluding hydrogens is 178 g/mol. The SMILES string of the molecule is COC(=O)N1C[C@@H]2C3CCC(C3)[C@@H]2C1. The molecule has 2 saturated carbocycles. The highest BCUT2D eigenvalue weighted by molar-refractivity contribution is 5.67. The summed E-state index contributed by atoms with van der Waals surface area (Å²) in [5, 5.41) is 0. The molecule has 0 radical (unpaired) electrons. The Hall–Kier alpha value is -0.730. The molecule has 1 amide bonds. The summed E-state index contributed by atoms with van der Waals surface area (Å²) in [5.41, 5.74) is 0. The van der Waals surface area contributed by atoms with Crippen molar-refractivity contribution >= 4 is 6.09 Å². The van der Waals surface area contributed by atoms with Crippen LogP contribution in [0.1, 0.15) is 19.3 Å². The van der Waals surface area contributed by atoms with Crippen molar-refractivity contribution in [3.05, 3.63) is 0 Å². The first-order valence-corrected chi connectivity index (χ1v) is 5.62. The number of rotatable bonds is 0. The summed E-state index contributed by atoms with van der Waals surface area (Å²) < 4.78 is 4.78. The van der Waals surface area contributed by atoms with E-state index < -0.39 is 0 Å². The fraction of sp³-hybridized carbons (Fsp3) is 0.909. The highest BCUT2D eigenvalue weighted by Crippen LogP contribution is 2.55. The van der Waals surface area contributed by atoms with Gasteiger partial charge >= 0.3 is 6.09 Å². The van der Waals surface area contributed by atoms with Crippen molar-refractivity contribution in [3.8, 4) is 0 Å². The van der Waals surface area contributed by atoms with Crippen LogP contribution in [0.25, 0.3) is 0 Å². The van der Waals surface area contributed by atoms with Crippen molar-refractivity contribution in [3.63, 3.8) is 0 Å². The van der Waals surface area contributed by atoms with Gasteiger partial charge in [0.1, 0.15) is 0 Å². The number of carbonyl (C=O) groups excluding carboxylic acids is 1. The fourth-order valence-electron chi connectivity index (χ4n) is 3.96. The first-order chi connectivity index (χ1) is 6.79. The van der Waals surface area contributed by atoms with Crippen molar-refractivity contribution < 1.29 is 9.53 Å². The second-order valence-corrected chi connectivity index (χ2v) is 5.04. The molecule has 4 atom stereocenters. The largest absolute Gasteiger partial charge is 0.453 e. The number of hydrogen-bond acceptors (Lipinski definition) is 2. The maximum atomic E-state index is 11.4. The van der Waals surface area contributed by atoms with Gasteiger partial charge in [-0.05, 0) is 42.9 Å². The van der Waals surface area contributed by atoms with Gasteiger partial charge in [-0.25, -0.2) is 4.79 Å². The van der Waals surface area contributed by atoms with Crippen LogP contribution in [0.3, 0.4) is 0 Å². The van der Waals surface area contributed by atoms with Crippen LogP contribution in [0.15, 0.2) is 0 Å². The van der Waals surface area contributed by atoms with Gasteiger partial charge in [0.05, 0.1) is 7.11 Å².